The molecular formula is C23H36N2. The lowest BCUT2D eigenvalue weighted by Crippen LogP contribution is -2.11. The normalized spacial score (nSPS) is 12.4. The molecule has 1 unspecified atom stereocenters. The number of aryl methyl sites for hydroxylation is 1. The van der Waals surface area contributed by atoms with E-state index in [0.29, 0.717) is 6.04 Å². The number of nitrogens with zero attached hydrogens (tertiary/aromatic N) is 2. The molecule has 2 aromatic rings. The van der Waals surface area contributed by atoms with E-state index in [2.05, 4.69) is 59.9 Å². The van der Waals surface area contributed by atoms with Gasteiger partial charge in [-0.3, -0.25) is 0 Å². The van der Waals surface area contributed by atoms with Crippen LogP contribution in [0.25, 0.3) is 0 Å². The van der Waals surface area contributed by atoms with Gasteiger partial charge >= 0.3 is 0 Å². The van der Waals surface area contributed by atoms with Crippen molar-refractivity contribution in [3.63, 3.8) is 0 Å². The molecule has 0 fully saturated rings. The summed E-state index contributed by atoms with van der Waals surface area (Å²) in [5, 5.41) is 0. The van der Waals surface area contributed by atoms with Crippen molar-refractivity contribution in [2.75, 3.05) is 0 Å². The summed E-state index contributed by atoms with van der Waals surface area (Å²) in [5.41, 5.74) is 1.40. The second kappa shape index (κ2) is 11.9. The monoisotopic (exact) mass is 340 g/mol. The largest absolute Gasteiger partial charge is 0.328 e. The lowest BCUT2D eigenvalue weighted by atomic mass is 9.99. The van der Waals surface area contributed by atoms with Gasteiger partial charge in [-0.05, 0) is 18.9 Å². The Balaban J connectivity index is 1.70. The maximum atomic E-state index is 4.43. The molecule has 1 atom stereocenters. The zero-order chi connectivity index (χ0) is 17.7. The quantitative estimate of drug-likeness (QED) is 0.356. The van der Waals surface area contributed by atoms with E-state index >= 15 is 0 Å². The van der Waals surface area contributed by atoms with Crippen LogP contribution in [-0.4, -0.2) is 9.55 Å². The lowest BCUT2D eigenvalue weighted by Gasteiger charge is -2.20. The molecule has 2 heteroatoms. The molecule has 0 aliphatic heterocycles. The van der Waals surface area contributed by atoms with Crippen molar-refractivity contribution in [3.8, 4) is 0 Å². The molecule has 0 aliphatic carbocycles. The molecule has 0 saturated carbocycles. The molecule has 0 aliphatic rings. The Morgan fingerprint density at radius 2 is 1.44 bits per heavy atom. The van der Waals surface area contributed by atoms with E-state index < -0.39 is 0 Å². The fourth-order valence-electron chi connectivity index (χ4n) is 3.68. The summed E-state index contributed by atoms with van der Waals surface area (Å²) < 4.78 is 2.34. The van der Waals surface area contributed by atoms with E-state index in [1.807, 2.05) is 6.20 Å². The Morgan fingerprint density at radius 1 is 0.840 bits per heavy atom. The number of imidazole rings is 1. The summed E-state index contributed by atoms with van der Waals surface area (Å²) >= 11 is 0. The predicted octanol–water partition coefficient (Wildman–Crippen LogP) is 7.09. The summed E-state index contributed by atoms with van der Waals surface area (Å²) in [7, 11) is 0. The summed E-state index contributed by atoms with van der Waals surface area (Å²) in [4.78, 5) is 4.43. The van der Waals surface area contributed by atoms with E-state index in [0.717, 1.165) is 5.82 Å². The van der Waals surface area contributed by atoms with Crippen LogP contribution in [0.15, 0.2) is 42.7 Å². The Morgan fingerprint density at radius 3 is 2.00 bits per heavy atom. The van der Waals surface area contributed by atoms with Crippen LogP contribution in [0.1, 0.15) is 95.0 Å². The number of rotatable bonds is 13. The average molecular weight is 341 g/mol. The van der Waals surface area contributed by atoms with Crippen molar-refractivity contribution >= 4 is 0 Å². The minimum atomic E-state index is 0.428. The molecule has 0 radical (unpaired) electrons. The fourth-order valence-corrected chi connectivity index (χ4v) is 3.68. The van der Waals surface area contributed by atoms with Gasteiger partial charge in [0, 0.05) is 12.4 Å². The van der Waals surface area contributed by atoms with Gasteiger partial charge in [0.25, 0.3) is 0 Å². The SMILES string of the molecule is CCCCCCCCCCCCC(c1ccccc1)n1ccnc1C. The zero-order valence-corrected chi connectivity index (χ0v) is 16.3. The van der Waals surface area contributed by atoms with E-state index in [-0.39, 0.29) is 0 Å². The van der Waals surface area contributed by atoms with Gasteiger partial charge in [0.2, 0.25) is 0 Å². The van der Waals surface area contributed by atoms with Crippen molar-refractivity contribution < 1.29 is 0 Å². The summed E-state index contributed by atoms with van der Waals surface area (Å²) in [6, 6.07) is 11.3. The Hall–Kier alpha value is -1.57. The predicted molar refractivity (Wildman–Crippen MR) is 108 cm³/mol. The summed E-state index contributed by atoms with van der Waals surface area (Å²) in [6.07, 6.45) is 19.2. The second-order valence-corrected chi connectivity index (χ2v) is 7.28. The molecule has 2 rings (SSSR count). The number of hydrogen-bond acceptors (Lipinski definition) is 1. The first-order chi connectivity index (χ1) is 12.3. The first kappa shape index (κ1) is 19.8. The van der Waals surface area contributed by atoms with Crippen LogP contribution in [0.5, 0.6) is 0 Å². The highest BCUT2D eigenvalue weighted by Gasteiger charge is 2.14. The standard InChI is InChI=1S/C23H36N2/c1-3-4-5-6-7-8-9-10-11-15-18-23(22-16-13-12-14-17-22)25-20-19-24-21(25)2/h12-14,16-17,19-20,23H,3-11,15,18H2,1-2H3. The van der Waals surface area contributed by atoms with Gasteiger partial charge in [-0.1, -0.05) is 101 Å². The van der Waals surface area contributed by atoms with Crippen molar-refractivity contribution in [2.24, 2.45) is 0 Å². The first-order valence-electron chi connectivity index (χ1n) is 10.4. The molecule has 25 heavy (non-hydrogen) atoms. The molecule has 138 valence electrons. The second-order valence-electron chi connectivity index (χ2n) is 7.28. The van der Waals surface area contributed by atoms with Crippen LogP contribution >= 0.6 is 0 Å². The van der Waals surface area contributed by atoms with Gasteiger partial charge in [-0.15, -0.1) is 0 Å². The smallest absolute Gasteiger partial charge is 0.106 e. The van der Waals surface area contributed by atoms with Crippen molar-refractivity contribution in [1.82, 2.24) is 9.55 Å². The molecule has 0 saturated heterocycles. The molecule has 1 aromatic heterocycles. The third kappa shape index (κ3) is 7.05. The van der Waals surface area contributed by atoms with Crippen LogP contribution in [-0.2, 0) is 0 Å². The molecule has 0 amide bonds. The molecule has 1 aromatic carbocycles. The third-order valence-electron chi connectivity index (χ3n) is 5.21. The fraction of sp³-hybridized carbons (Fsp3) is 0.609. The highest BCUT2D eigenvalue weighted by atomic mass is 15.1. The van der Waals surface area contributed by atoms with Gasteiger partial charge in [0.05, 0.1) is 6.04 Å². The highest BCUT2D eigenvalue weighted by molar-refractivity contribution is 5.20. The molecule has 2 nitrogen and oxygen atoms in total. The average Bonchev–Trinajstić information content (AvgIpc) is 3.06. The maximum Gasteiger partial charge on any atom is 0.106 e. The van der Waals surface area contributed by atoms with Gasteiger partial charge in [-0.2, -0.15) is 0 Å². The number of benzene rings is 1. The topological polar surface area (TPSA) is 17.8 Å². The highest BCUT2D eigenvalue weighted by Crippen LogP contribution is 2.26. The Labute approximate surface area is 154 Å². The van der Waals surface area contributed by atoms with Crippen molar-refractivity contribution in [2.45, 2.75) is 90.5 Å². The summed E-state index contributed by atoms with van der Waals surface area (Å²) in [5.74, 6) is 1.11. The minimum Gasteiger partial charge on any atom is -0.328 e. The van der Waals surface area contributed by atoms with E-state index in [4.69, 9.17) is 0 Å². The zero-order valence-electron chi connectivity index (χ0n) is 16.3. The molecular weight excluding hydrogens is 304 g/mol. The Kier molecular flexibility index (Phi) is 9.40. The van der Waals surface area contributed by atoms with E-state index in [1.54, 1.807) is 0 Å². The van der Waals surface area contributed by atoms with Crippen molar-refractivity contribution in [3.05, 3.63) is 54.1 Å². The third-order valence-corrected chi connectivity index (χ3v) is 5.21. The number of unbranched alkanes of at least 4 members (excludes halogenated alkanes) is 9. The summed E-state index contributed by atoms with van der Waals surface area (Å²) in [6.45, 7) is 4.39. The van der Waals surface area contributed by atoms with Crippen LogP contribution in [0.3, 0.4) is 0 Å². The van der Waals surface area contributed by atoms with Gasteiger partial charge in [0.15, 0.2) is 0 Å². The lowest BCUT2D eigenvalue weighted by molar-refractivity contribution is 0.481. The van der Waals surface area contributed by atoms with Crippen LogP contribution in [0.2, 0.25) is 0 Å². The van der Waals surface area contributed by atoms with Crippen LogP contribution in [0.4, 0.5) is 0 Å². The number of aromatic nitrogens is 2. The molecule has 0 N–H and O–H groups in total. The Bertz CT molecular complexity index is 558. The van der Waals surface area contributed by atoms with Gasteiger partial charge in [-0.25, -0.2) is 4.98 Å². The van der Waals surface area contributed by atoms with Gasteiger partial charge in [0.1, 0.15) is 5.82 Å². The molecule has 1 heterocycles. The first-order valence-corrected chi connectivity index (χ1v) is 10.4. The molecule has 0 bridgehead atoms. The van der Waals surface area contributed by atoms with Crippen LogP contribution < -0.4 is 0 Å². The van der Waals surface area contributed by atoms with E-state index in [1.165, 1.54) is 76.2 Å². The molecule has 0 spiro atoms. The van der Waals surface area contributed by atoms with Gasteiger partial charge < -0.3 is 4.57 Å². The minimum absolute atomic E-state index is 0.428. The van der Waals surface area contributed by atoms with Crippen molar-refractivity contribution in [1.29, 1.82) is 0 Å². The maximum absolute atomic E-state index is 4.43. The number of hydrogen-bond donors (Lipinski definition) is 0. The van der Waals surface area contributed by atoms with E-state index in [9.17, 15) is 0 Å². The van der Waals surface area contributed by atoms with Crippen LogP contribution in [0, 0.1) is 6.92 Å².